The molecule has 1 aliphatic carbocycles. The van der Waals surface area contributed by atoms with E-state index in [9.17, 15) is 0 Å². The van der Waals surface area contributed by atoms with Crippen LogP contribution in [0.2, 0.25) is 0 Å². The highest BCUT2D eigenvalue weighted by Crippen LogP contribution is 2.56. The van der Waals surface area contributed by atoms with E-state index in [4.69, 9.17) is 4.42 Å². The van der Waals surface area contributed by atoms with Gasteiger partial charge in [0.05, 0.1) is 16.7 Å². The lowest BCUT2D eigenvalue weighted by molar-refractivity contribution is 0.648. The number of nitrogens with zero attached hydrogens (tertiary/aromatic N) is 2. The van der Waals surface area contributed by atoms with Crippen molar-refractivity contribution in [1.29, 1.82) is 0 Å². The third-order valence-corrected chi connectivity index (χ3v) is 14.4. The van der Waals surface area contributed by atoms with Crippen LogP contribution in [-0.2, 0) is 11.8 Å². The van der Waals surface area contributed by atoms with Gasteiger partial charge in [-0.15, -0.1) is 0 Å². The normalized spacial score (nSPS) is 14.2. The Balaban J connectivity index is 1.20. The van der Waals surface area contributed by atoms with Crippen LogP contribution in [0.4, 0.5) is 11.4 Å². The summed E-state index contributed by atoms with van der Waals surface area (Å²) < 4.78 is 9.97. The summed E-state index contributed by atoms with van der Waals surface area (Å²) in [5.74, 6) is 0. The van der Waals surface area contributed by atoms with Crippen LogP contribution in [0.3, 0.4) is 0 Å². The van der Waals surface area contributed by atoms with Gasteiger partial charge in [-0.25, -0.2) is 0 Å². The van der Waals surface area contributed by atoms with Crippen LogP contribution in [0.25, 0.3) is 82.6 Å². The number of aromatic nitrogens is 1. The standard InChI is InChI=1S/C57H45BN2O/c1-5-6-8-15-35-23-26-38(27-24-35)60-49-33-47-42(39-18-13-14-21-46(39)57(47,3)4)32-44(49)51-40-19-11-12-20-41(40)52-43-30-34(2)22-28-48(43)59-54-45-31-37(36-16-9-7-10-17-36)25-29-50(45)61-56(54)58(60)53(51)55(52)59/h7,9-14,16-33H,5-6,8,15H2,1-4H3. The molecule has 8 aromatic carbocycles. The highest BCUT2D eigenvalue weighted by Gasteiger charge is 2.49. The van der Waals surface area contributed by atoms with E-state index in [1.807, 2.05) is 0 Å². The second-order valence-electron chi connectivity index (χ2n) is 18.3. The lowest BCUT2D eigenvalue weighted by Crippen LogP contribution is -2.60. The summed E-state index contributed by atoms with van der Waals surface area (Å²) in [5.41, 5.74) is 22.2. The molecule has 3 aliphatic rings. The van der Waals surface area contributed by atoms with E-state index >= 15 is 0 Å². The Bertz CT molecular complexity index is 3480. The van der Waals surface area contributed by atoms with Crippen molar-refractivity contribution in [2.45, 2.75) is 58.8 Å². The molecule has 0 saturated carbocycles. The van der Waals surface area contributed by atoms with Crippen molar-refractivity contribution >= 4 is 72.9 Å². The molecular weight excluding hydrogens is 739 g/mol. The zero-order valence-corrected chi connectivity index (χ0v) is 35.1. The fourth-order valence-electron chi connectivity index (χ4n) is 11.6. The Labute approximate surface area is 357 Å². The predicted molar refractivity (Wildman–Crippen MR) is 258 cm³/mol. The molecule has 61 heavy (non-hydrogen) atoms. The van der Waals surface area contributed by atoms with E-state index in [2.05, 4.69) is 189 Å². The van der Waals surface area contributed by atoms with Gasteiger partial charge in [0.2, 0.25) is 0 Å². The zero-order chi connectivity index (χ0) is 40.7. The summed E-state index contributed by atoms with van der Waals surface area (Å²) in [5, 5.41) is 6.33. The van der Waals surface area contributed by atoms with Crippen molar-refractivity contribution in [1.82, 2.24) is 4.57 Å². The van der Waals surface area contributed by atoms with Crippen LogP contribution in [-0.4, -0.2) is 11.4 Å². The minimum absolute atomic E-state index is 0.155. The van der Waals surface area contributed by atoms with E-state index < -0.39 is 0 Å². The molecule has 0 radical (unpaired) electrons. The molecule has 0 spiro atoms. The summed E-state index contributed by atoms with van der Waals surface area (Å²) >= 11 is 0. The Hall–Kier alpha value is -6.78. The molecule has 0 saturated heterocycles. The number of aryl methyl sites for hydroxylation is 2. The average Bonchev–Trinajstić information content (AvgIpc) is 3.91. The SMILES string of the molecule is CCCCCc1ccc(N2B3c4oc5ccc(-c6ccccc6)cc5c4-n4c5ccc(C)cc5c5c6ccccc6c(c3c54)-c3cc4c(cc32)C(C)(C)c2ccccc2-4)cc1. The number of furan rings is 1. The highest BCUT2D eigenvalue weighted by molar-refractivity contribution is 6.93. The van der Waals surface area contributed by atoms with Crippen LogP contribution in [0.1, 0.15) is 62.3 Å². The predicted octanol–water partition coefficient (Wildman–Crippen LogP) is 13.9. The van der Waals surface area contributed by atoms with Crippen molar-refractivity contribution < 1.29 is 4.42 Å². The van der Waals surface area contributed by atoms with Gasteiger partial charge in [0.15, 0.2) is 0 Å². The number of anilines is 2. The molecule has 2 aromatic heterocycles. The molecule has 0 atom stereocenters. The smallest absolute Gasteiger partial charge is 0.375 e. The van der Waals surface area contributed by atoms with Crippen LogP contribution in [0.15, 0.2) is 156 Å². The van der Waals surface area contributed by atoms with E-state index in [0.29, 0.717) is 0 Å². The van der Waals surface area contributed by atoms with Gasteiger partial charge >= 0.3 is 6.85 Å². The molecule has 3 nitrogen and oxygen atoms in total. The monoisotopic (exact) mass is 784 g/mol. The molecular formula is C57H45BN2O. The Morgan fingerprint density at radius 3 is 2.25 bits per heavy atom. The average molecular weight is 785 g/mol. The lowest BCUT2D eigenvalue weighted by atomic mass is 9.46. The number of hydrogen-bond donors (Lipinski definition) is 0. The number of hydrogen-bond acceptors (Lipinski definition) is 2. The van der Waals surface area contributed by atoms with Crippen molar-refractivity contribution in [2.75, 3.05) is 4.81 Å². The fourth-order valence-corrected chi connectivity index (χ4v) is 11.6. The maximum Gasteiger partial charge on any atom is 0.375 e. The van der Waals surface area contributed by atoms with Gasteiger partial charge in [0.25, 0.3) is 0 Å². The van der Waals surface area contributed by atoms with Gasteiger partial charge in [-0.1, -0.05) is 142 Å². The fraction of sp³-hybridized carbons (Fsp3) is 0.158. The Kier molecular flexibility index (Phi) is 7.25. The zero-order valence-electron chi connectivity index (χ0n) is 35.1. The minimum atomic E-state index is -0.217. The van der Waals surface area contributed by atoms with Crippen molar-refractivity contribution in [3.63, 3.8) is 0 Å². The largest absolute Gasteiger partial charge is 0.466 e. The third kappa shape index (κ3) is 4.71. The van der Waals surface area contributed by atoms with Gasteiger partial charge in [-0.2, -0.15) is 0 Å². The highest BCUT2D eigenvalue weighted by atomic mass is 16.3. The molecule has 4 heterocycles. The summed E-state index contributed by atoms with van der Waals surface area (Å²) in [6.07, 6.45) is 4.78. The first kappa shape index (κ1) is 35.0. The summed E-state index contributed by atoms with van der Waals surface area (Å²) in [6, 6.07) is 57.4. The maximum atomic E-state index is 7.39. The molecule has 13 rings (SSSR count). The van der Waals surface area contributed by atoms with Crippen LogP contribution in [0.5, 0.6) is 0 Å². The molecule has 0 N–H and O–H groups in total. The first-order chi connectivity index (χ1) is 29.9. The van der Waals surface area contributed by atoms with Crippen LogP contribution in [0, 0.1) is 6.92 Å². The summed E-state index contributed by atoms with van der Waals surface area (Å²) in [6.45, 7) is 9.09. The number of rotatable bonds is 6. The van der Waals surface area contributed by atoms with E-state index in [1.54, 1.807) is 0 Å². The molecule has 4 heteroatoms. The maximum absolute atomic E-state index is 7.39. The first-order valence-electron chi connectivity index (χ1n) is 22.2. The topological polar surface area (TPSA) is 21.3 Å². The van der Waals surface area contributed by atoms with Gasteiger partial charge in [0, 0.05) is 38.5 Å². The second kappa shape index (κ2) is 12.6. The van der Waals surface area contributed by atoms with E-state index in [1.165, 1.54) is 124 Å². The minimum Gasteiger partial charge on any atom is -0.466 e. The molecule has 0 fully saturated rings. The molecule has 0 bridgehead atoms. The van der Waals surface area contributed by atoms with Crippen molar-refractivity contribution in [3.8, 4) is 39.1 Å². The number of fused-ring (bicyclic) bond motifs is 16. The molecule has 0 unspecified atom stereocenters. The van der Waals surface area contributed by atoms with Crippen LogP contribution < -0.4 is 15.9 Å². The van der Waals surface area contributed by atoms with Crippen molar-refractivity contribution in [2.24, 2.45) is 0 Å². The van der Waals surface area contributed by atoms with Gasteiger partial charge in [-0.3, -0.25) is 0 Å². The summed E-state index contributed by atoms with van der Waals surface area (Å²) in [4.78, 5) is 2.65. The molecule has 292 valence electrons. The Morgan fingerprint density at radius 2 is 1.41 bits per heavy atom. The van der Waals surface area contributed by atoms with E-state index in [-0.39, 0.29) is 12.3 Å². The van der Waals surface area contributed by atoms with Crippen LogP contribution >= 0.6 is 0 Å². The van der Waals surface area contributed by atoms with Gasteiger partial charge in [-0.05, 0) is 129 Å². The third-order valence-electron chi connectivity index (χ3n) is 14.4. The van der Waals surface area contributed by atoms with Gasteiger partial charge < -0.3 is 13.8 Å². The second-order valence-corrected chi connectivity index (χ2v) is 18.3. The quantitative estimate of drug-likeness (QED) is 0.124. The summed E-state index contributed by atoms with van der Waals surface area (Å²) in [7, 11) is 0. The van der Waals surface area contributed by atoms with Gasteiger partial charge in [0.1, 0.15) is 11.2 Å². The molecule has 0 amide bonds. The Morgan fingerprint density at radius 1 is 0.623 bits per heavy atom. The number of benzene rings is 8. The van der Waals surface area contributed by atoms with E-state index in [0.717, 1.165) is 28.7 Å². The van der Waals surface area contributed by atoms with Crippen molar-refractivity contribution in [3.05, 3.63) is 174 Å². The number of unbranched alkanes of at least 4 members (excludes halogenated alkanes) is 2. The first-order valence-corrected chi connectivity index (χ1v) is 22.2. The molecule has 2 aliphatic heterocycles. The lowest BCUT2D eigenvalue weighted by Gasteiger charge is -2.41. The molecule has 10 aromatic rings.